The fraction of sp³-hybridized carbons (Fsp3) is 0.143. The second-order valence-electron chi connectivity index (χ2n) is 5.83. The molecule has 0 aliphatic carbocycles. The molecular formula is C21H19NO4S. The van der Waals surface area contributed by atoms with Crippen molar-refractivity contribution in [3.63, 3.8) is 0 Å². The maximum Gasteiger partial charge on any atom is 0.341 e. The smallest absolute Gasteiger partial charge is 0.341 e. The maximum atomic E-state index is 10.6. The summed E-state index contributed by atoms with van der Waals surface area (Å²) in [6.07, 6.45) is 3.40. The summed E-state index contributed by atoms with van der Waals surface area (Å²) in [6.45, 7) is 2.06. The van der Waals surface area contributed by atoms with Gasteiger partial charge in [-0.25, -0.2) is 4.79 Å². The van der Waals surface area contributed by atoms with E-state index in [0.717, 1.165) is 26.7 Å². The van der Waals surface area contributed by atoms with Crippen LogP contribution in [0.5, 0.6) is 11.5 Å². The second kappa shape index (κ2) is 9.09. The molecule has 6 heteroatoms. The Kier molecular flexibility index (Phi) is 6.33. The van der Waals surface area contributed by atoms with E-state index < -0.39 is 5.97 Å². The molecule has 1 N–H and O–H groups in total. The van der Waals surface area contributed by atoms with Crippen LogP contribution >= 0.6 is 11.8 Å². The lowest BCUT2D eigenvalue weighted by molar-refractivity contribution is -0.139. The topological polar surface area (TPSA) is 68.7 Å². The number of pyridine rings is 1. The molecule has 3 aromatic rings. The van der Waals surface area contributed by atoms with Gasteiger partial charge in [-0.05, 0) is 60.5 Å². The van der Waals surface area contributed by atoms with Crippen LogP contribution in [0.2, 0.25) is 0 Å². The van der Waals surface area contributed by atoms with Crippen molar-refractivity contribution in [3.05, 3.63) is 78.1 Å². The number of carbonyl (C=O) groups is 1. The van der Waals surface area contributed by atoms with E-state index in [2.05, 4.69) is 17.1 Å². The quantitative estimate of drug-likeness (QED) is 0.616. The van der Waals surface area contributed by atoms with Gasteiger partial charge in [-0.1, -0.05) is 23.9 Å². The van der Waals surface area contributed by atoms with E-state index in [-0.39, 0.29) is 6.61 Å². The zero-order chi connectivity index (χ0) is 19.1. The molecule has 0 spiro atoms. The number of aryl methyl sites for hydroxylation is 1. The first-order valence-corrected chi connectivity index (χ1v) is 9.16. The largest absolute Gasteiger partial charge is 0.487 e. The van der Waals surface area contributed by atoms with Gasteiger partial charge in [0.2, 0.25) is 0 Å². The Morgan fingerprint density at radius 3 is 2.52 bits per heavy atom. The van der Waals surface area contributed by atoms with E-state index in [1.54, 1.807) is 30.2 Å². The molecule has 2 aromatic carbocycles. The van der Waals surface area contributed by atoms with Gasteiger partial charge in [0.25, 0.3) is 0 Å². The third-order valence-electron chi connectivity index (χ3n) is 3.70. The first kappa shape index (κ1) is 18.8. The number of nitrogens with zero attached hydrogens (tertiary/aromatic N) is 1. The minimum atomic E-state index is -0.986. The van der Waals surface area contributed by atoms with Crippen LogP contribution < -0.4 is 9.47 Å². The van der Waals surface area contributed by atoms with Crippen LogP contribution in [0.15, 0.2) is 76.8 Å². The molecule has 0 unspecified atom stereocenters. The summed E-state index contributed by atoms with van der Waals surface area (Å²) < 4.78 is 10.9. The number of carboxylic acids is 1. The Morgan fingerprint density at radius 1 is 1.07 bits per heavy atom. The summed E-state index contributed by atoms with van der Waals surface area (Å²) in [4.78, 5) is 16.8. The highest BCUT2D eigenvalue weighted by Gasteiger charge is 2.05. The highest BCUT2D eigenvalue weighted by molar-refractivity contribution is 7.99. The lowest BCUT2D eigenvalue weighted by atomic mass is 10.2. The number of ether oxygens (including phenoxy) is 2. The van der Waals surface area contributed by atoms with Gasteiger partial charge in [-0.3, -0.25) is 4.98 Å². The number of aliphatic carboxylic acids is 1. The predicted octanol–water partition coefficient (Wildman–Crippen LogP) is 4.58. The molecule has 1 heterocycles. The molecule has 1 aromatic heterocycles. The average molecular weight is 381 g/mol. The Balaban J connectivity index is 1.57. The molecule has 0 fully saturated rings. The lowest BCUT2D eigenvalue weighted by Gasteiger charge is -2.10. The van der Waals surface area contributed by atoms with Crippen molar-refractivity contribution in [2.75, 3.05) is 6.61 Å². The average Bonchev–Trinajstić information content (AvgIpc) is 2.67. The van der Waals surface area contributed by atoms with Crippen molar-refractivity contribution < 1.29 is 19.4 Å². The van der Waals surface area contributed by atoms with E-state index in [0.29, 0.717) is 12.4 Å². The van der Waals surface area contributed by atoms with Crippen LogP contribution in [0.1, 0.15) is 11.1 Å². The molecule has 0 amide bonds. The third kappa shape index (κ3) is 5.76. The monoisotopic (exact) mass is 381 g/mol. The Morgan fingerprint density at radius 2 is 1.85 bits per heavy atom. The molecule has 0 saturated carbocycles. The zero-order valence-electron chi connectivity index (χ0n) is 14.8. The summed E-state index contributed by atoms with van der Waals surface area (Å²) >= 11 is 1.64. The van der Waals surface area contributed by atoms with Gasteiger partial charge in [0.1, 0.15) is 18.1 Å². The van der Waals surface area contributed by atoms with Crippen LogP contribution in [-0.2, 0) is 11.4 Å². The minimum absolute atomic E-state index is 0.337. The highest BCUT2D eigenvalue weighted by atomic mass is 32.2. The van der Waals surface area contributed by atoms with Crippen molar-refractivity contribution in [2.45, 2.75) is 23.3 Å². The summed E-state index contributed by atoms with van der Waals surface area (Å²) in [5.74, 6) is 0.349. The van der Waals surface area contributed by atoms with Crippen molar-refractivity contribution >= 4 is 17.7 Å². The van der Waals surface area contributed by atoms with Crippen LogP contribution in [0.25, 0.3) is 0 Å². The minimum Gasteiger partial charge on any atom is -0.487 e. The molecule has 0 saturated heterocycles. The summed E-state index contributed by atoms with van der Waals surface area (Å²) in [5.41, 5.74) is 1.99. The number of hydrogen-bond acceptors (Lipinski definition) is 5. The molecule has 0 bridgehead atoms. The number of carboxylic acid groups (broad SMARTS) is 1. The molecule has 0 radical (unpaired) electrons. The summed E-state index contributed by atoms with van der Waals surface area (Å²) in [7, 11) is 0. The molecule has 0 aliphatic rings. The van der Waals surface area contributed by atoms with E-state index >= 15 is 0 Å². The van der Waals surface area contributed by atoms with Gasteiger partial charge in [-0.15, -0.1) is 0 Å². The standard InChI is InChI=1S/C21H19NO4S/c1-15-11-19(8-9-20(15)26-14-21(23)24)27-18-6-4-16(5-7-18)13-25-17-3-2-10-22-12-17/h2-12H,13-14H2,1H3,(H,23,24). The van der Waals surface area contributed by atoms with Gasteiger partial charge in [-0.2, -0.15) is 0 Å². The van der Waals surface area contributed by atoms with Crippen LogP contribution in [0.3, 0.4) is 0 Å². The normalized spacial score (nSPS) is 10.4. The van der Waals surface area contributed by atoms with Crippen LogP contribution in [0.4, 0.5) is 0 Å². The molecule has 5 nitrogen and oxygen atoms in total. The van der Waals surface area contributed by atoms with E-state index in [1.807, 2.05) is 43.3 Å². The number of aromatic nitrogens is 1. The number of benzene rings is 2. The first-order valence-electron chi connectivity index (χ1n) is 8.35. The third-order valence-corrected chi connectivity index (χ3v) is 4.69. The molecule has 3 rings (SSSR count). The number of rotatable bonds is 8. The van der Waals surface area contributed by atoms with Crippen molar-refractivity contribution in [2.24, 2.45) is 0 Å². The molecule has 0 aliphatic heterocycles. The zero-order valence-corrected chi connectivity index (χ0v) is 15.6. The summed E-state index contributed by atoms with van der Waals surface area (Å²) in [6, 6.07) is 17.6. The predicted molar refractivity (Wildman–Crippen MR) is 103 cm³/mol. The van der Waals surface area contributed by atoms with Gasteiger partial charge in [0, 0.05) is 16.0 Å². The second-order valence-corrected chi connectivity index (χ2v) is 6.98. The fourth-order valence-corrected chi connectivity index (χ4v) is 3.29. The fourth-order valence-electron chi connectivity index (χ4n) is 2.38. The molecule has 138 valence electrons. The van der Waals surface area contributed by atoms with Crippen LogP contribution in [-0.4, -0.2) is 22.7 Å². The van der Waals surface area contributed by atoms with Crippen molar-refractivity contribution in [1.82, 2.24) is 4.98 Å². The lowest BCUT2D eigenvalue weighted by Crippen LogP contribution is -2.09. The maximum absolute atomic E-state index is 10.6. The van der Waals surface area contributed by atoms with E-state index in [1.165, 1.54) is 0 Å². The molecule has 27 heavy (non-hydrogen) atoms. The van der Waals surface area contributed by atoms with Gasteiger partial charge in [0.15, 0.2) is 6.61 Å². The van der Waals surface area contributed by atoms with Crippen molar-refractivity contribution in [3.8, 4) is 11.5 Å². The first-order chi connectivity index (χ1) is 13.1. The summed E-state index contributed by atoms with van der Waals surface area (Å²) in [5, 5.41) is 8.70. The van der Waals surface area contributed by atoms with Gasteiger partial charge < -0.3 is 14.6 Å². The number of hydrogen-bond donors (Lipinski definition) is 1. The van der Waals surface area contributed by atoms with E-state index in [9.17, 15) is 4.79 Å². The van der Waals surface area contributed by atoms with Gasteiger partial charge in [0.05, 0.1) is 6.20 Å². The Labute approximate surface area is 162 Å². The highest BCUT2D eigenvalue weighted by Crippen LogP contribution is 2.31. The molecule has 0 atom stereocenters. The SMILES string of the molecule is Cc1cc(Sc2ccc(COc3cccnc3)cc2)ccc1OCC(=O)O. The van der Waals surface area contributed by atoms with E-state index in [4.69, 9.17) is 14.6 Å². The van der Waals surface area contributed by atoms with Crippen molar-refractivity contribution in [1.29, 1.82) is 0 Å². The Hall–Kier alpha value is -2.99. The van der Waals surface area contributed by atoms with Gasteiger partial charge >= 0.3 is 5.97 Å². The molecular weight excluding hydrogens is 362 g/mol. The Bertz CT molecular complexity index is 898. The van der Waals surface area contributed by atoms with Crippen LogP contribution in [0, 0.1) is 6.92 Å².